The van der Waals surface area contributed by atoms with Gasteiger partial charge in [-0.15, -0.1) is 0 Å². The molecular formula is C25H27ClN4O3. The highest BCUT2D eigenvalue weighted by Crippen LogP contribution is 2.36. The van der Waals surface area contributed by atoms with Crippen LogP contribution in [0.15, 0.2) is 48.8 Å². The second-order valence-electron chi connectivity index (χ2n) is 8.26. The largest absolute Gasteiger partial charge is 0.487 e. The Balaban J connectivity index is 1.56. The van der Waals surface area contributed by atoms with Gasteiger partial charge in [-0.2, -0.15) is 0 Å². The summed E-state index contributed by atoms with van der Waals surface area (Å²) in [6.45, 7) is 4.45. The second-order valence-corrected chi connectivity index (χ2v) is 8.63. The lowest BCUT2D eigenvalue weighted by atomic mass is 10.0. The first-order valence-electron chi connectivity index (χ1n) is 10.8. The summed E-state index contributed by atoms with van der Waals surface area (Å²) in [7, 11) is 3.38. The van der Waals surface area contributed by atoms with Gasteiger partial charge in [-0.05, 0) is 43.7 Å². The number of likely N-dealkylation sites (N-methyl/N-ethyl adjacent to an activating group) is 1. The van der Waals surface area contributed by atoms with Crippen LogP contribution in [0, 0.1) is 6.92 Å². The zero-order valence-corrected chi connectivity index (χ0v) is 19.7. The summed E-state index contributed by atoms with van der Waals surface area (Å²) in [5, 5.41) is 3.48. The van der Waals surface area contributed by atoms with E-state index < -0.39 is 5.97 Å². The predicted molar refractivity (Wildman–Crippen MR) is 129 cm³/mol. The molecule has 4 rings (SSSR count). The van der Waals surface area contributed by atoms with Gasteiger partial charge in [0.2, 0.25) is 5.95 Å². The van der Waals surface area contributed by atoms with Gasteiger partial charge in [0.05, 0.1) is 17.7 Å². The number of hydrogen-bond acceptors (Lipinski definition) is 7. The van der Waals surface area contributed by atoms with Gasteiger partial charge < -0.3 is 19.7 Å². The molecule has 0 saturated carbocycles. The van der Waals surface area contributed by atoms with Crippen LogP contribution in [0.25, 0.3) is 11.1 Å². The van der Waals surface area contributed by atoms with E-state index in [0.717, 1.165) is 36.2 Å². The predicted octanol–water partition coefficient (Wildman–Crippen LogP) is 4.59. The molecule has 1 fully saturated rings. The average Bonchev–Trinajstić information content (AvgIpc) is 3.23. The number of esters is 1. The van der Waals surface area contributed by atoms with Crippen molar-refractivity contribution in [3.05, 3.63) is 70.5 Å². The number of benzene rings is 2. The topological polar surface area (TPSA) is 76.6 Å². The summed E-state index contributed by atoms with van der Waals surface area (Å²) in [5.74, 6) is 0.456. The Labute approximate surface area is 198 Å². The number of likely N-dealkylation sites (tertiary alicyclic amines) is 1. The molecule has 1 aliphatic rings. The number of anilines is 1. The summed E-state index contributed by atoms with van der Waals surface area (Å²) in [5.41, 5.74) is 4.08. The van der Waals surface area contributed by atoms with Gasteiger partial charge in [-0.25, -0.2) is 14.8 Å². The number of aryl methyl sites for hydroxylation is 1. The second kappa shape index (κ2) is 10.2. The minimum absolute atomic E-state index is 0.0118. The van der Waals surface area contributed by atoms with Crippen LogP contribution in [0.3, 0.4) is 0 Å². The molecule has 1 unspecified atom stereocenters. The molecule has 1 N–H and O–H groups in total. The normalized spacial score (nSPS) is 15.9. The molecule has 0 amide bonds. The van der Waals surface area contributed by atoms with E-state index in [2.05, 4.69) is 45.3 Å². The highest BCUT2D eigenvalue weighted by Gasteiger charge is 2.24. The van der Waals surface area contributed by atoms with Crippen molar-refractivity contribution in [2.45, 2.75) is 26.0 Å². The first kappa shape index (κ1) is 23.0. The molecule has 7 nitrogen and oxygen atoms in total. The minimum atomic E-state index is -0.521. The zero-order valence-electron chi connectivity index (χ0n) is 19.0. The third-order valence-electron chi connectivity index (χ3n) is 5.60. The number of carbonyl (C=O) groups is 1. The molecule has 0 bridgehead atoms. The Morgan fingerprint density at radius 1 is 1.21 bits per heavy atom. The number of methoxy groups -OCH3 is 1. The van der Waals surface area contributed by atoms with E-state index in [1.165, 1.54) is 12.7 Å². The van der Waals surface area contributed by atoms with Gasteiger partial charge in [0.1, 0.15) is 11.9 Å². The van der Waals surface area contributed by atoms with Gasteiger partial charge in [0.25, 0.3) is 0 Å². The molecule has 0 aliphatic carbocycles. The first-order valence-corrected chi connectivity index (χ1v) is 11.2. The molecule has 8 heteroatoms. The Kier molecular flexibility index (Phi) is 7.11. The van der Waals surface area contributed by atoms with Crippen molar-refractivity contribution in [2.24, 2.45) is 0 Å². The summed E-state index contributed by atoms with van der Waals surface area (Å²) in [4.78, 5) is 23.4. The number of hydrogen-bond donors (Lipinski definition) is 1. The molecule has 172 valence electrons. The molecule has 0 radical (unpaired) electrons. The quantitative estimate of drug-likeness (QED) is 0.510. The van der Waals surface area contributed by atoms with Crippen molar-refractivity contribution < 1.29 is 14.3 Å². The van der Waals surface area contributed by atoms with Crippen molar-refractivity contribution in [2.75, 3.05) is 32.6 Å². The van der Waals surface area contributed by atoms with Gasteiger partial charge in [-0.3, -0.25) is 0 Å². The fourth-order valence-corrected chi connectivity index (χ4v) is 4.08. The lowest BCUT2D eigenvalue weighted by molar-refractivity contribution is 0.0600. The maximum absolute atomic E-state index is 12.3. The maximum atomic E-state index is 12.3. The lowest BCUT2D eigenvalue weighted by Crippen LogP contribution is -2.21. The average molecular weight is 467 g/mol. The number of rotatable bonds is 7. The summed E-state index contributed by atoms with van der Waals surface area (Å²) in [6.07, 6.45) is 4.33. The molecular weight excluding hydrogens is 440 g/mol. The van der Waals surface area contributed by atoms with Crippen LogP contribution in [0.1, 0.15) is 27.9 Å². The third-order valence-corrected chi connectivity index (χ3v) is 5.99. The van der Waals surface area contributed by atoms with Gasteiger partial charge >= 0.3 is 5.97 Å². The highest BCUT2D eigenvalue weighted by atomic mass is 35.5. The van der Waals surface area contributed by atoms with Crippen molar-refractivity contribution in [3.8, 4) is 16.9 Å². The lowest BCUT2D eigenvalue weighted by Gasteiger charge is -2.17. The Hall–Kier alpha value is -3.16. The van der Waals surface area contributed by atoms with Gasteiger partial charge in [0, 0.05) is 37.6 Å². The van der Waals surface area contributed by atoms with Crippen LogP contribution in [0.4, 0.5) is 5.95 Å². The van der Waals surface area contributed by atoms with Crippen molar-refractivity contribution in [1.29, 1.82) is 0 Å². The Bertz CT molecular complexity index is 1140. The van der Waals surface area contributed by atoms with Crippen LogP contribution >= 0.6 is 11.6 Å². The molecule has 1 atom stereocenters. The first-order chi connectivity index (χ1) is 15.9. The third kappa shape index (κ3) is 5.61. The van der Waals surface area contributed by atoms with E-state index in [4.69, 9.17) is 21.1 Å². The Morgan fingerprint density at radius 3 is 2.67 bits per heavy atom. The van der Waals surface area contributed by atoms with E-state index in [9.17, 15) is 4.79 Å². The van der Waals surface area contributed by atoms with Crippen LogP contribution < -0.4 is 10.1 Å². The monoisotopic (exact) mass is 466 g/mol. The number of ether oxygens (including phenoxy) is 2. The summed E-state index contributed by atoms with van der Waals surface area (Å²) in [6, 6.07) is 11.8. The molecule has 2 aromatic carbocycles. The highest BCUT2D eigenvalue weighted by molar-refractivity contribution is 6.35. The Morgan fingerprint density at radius 2 is 2.00 bits per heavy atom. The van der Waals surface area contributed by atoms with Crippen molar-refractivity contribution >= 4 is 23.5 Å². The van der Waals surface area contributed by atoms with E-state index in [-0.39, 0.29) is 16.7 Å². The summed E-state index contributed by atoms with van der Waals surface area (Å²) >= 11 is 6.51. The van der Waals surface area contributed by atoms with E-state index in [1.807, 2.05) is 19.2 Å². The molecule has 2 heterocycles. The van der Waals surface area contributed by atoms with Crippen LogP contribution in [0.2, 0.25) is 5.02 Å². The maximum Gasteiger partial charge on any atom is 0.339 e. The minimum Gasteiger partial charge on any atom is -0.487 e. The SMILES string of the molecule is COC(=O)c1cc(-c2cnc(NCc3cccc(C)c3)nc2)cc(OC2CCN(C)C2)c1Cl. The van der Waals surface area contributed by atoms with Gasteiger partial charge in [-0.1, -0.05) is 41.4 Å². The fraction of sp³-hybridized carbons (Fsp3) is 0.320. The smallest absolute Gasteiger partial charge is 0.339 e. The fourth-order valence-electron chi connectivity index (χ4n) is 3.85. The molecule has 3 aromatic rings. The number of nitrogens with one attached hydrogen (secondary N) is 1. The van der Waals surface area contributed by atoms with E-state index in [0.29, 0.717) is 18.2 Å². The molecule has 1 saturated heterocycles. The number of carbonyl (C=O) groups excluding carboxylic acids is 1. The van der Waals surface area contributed by atoms with Crippen molar-refractivity contribution in [3.63, 3.8) is 0 Å². The molecule has 33 heavy (non-hydrogen) atoms. The van der Waals surface area contributed by atoms with Gasteiger partial charge in [0.15, 0.2) is 0 Å². The zero-order chi connectivity index (χ0) is 23.4. The molecule has 1 aromatic heterocycles. The number of nitrogens with zero attached hydrogens (tertiary/aromatic N) is 3. The number of aromatic nitrogens is 2. The van der Waals surface area contributed by atoms with Crippen LogP contribution in [0.5, 0.6) is 5.75 Å². The standard InChI is InChI=1S/C25H27ClN4O3/c1-16-5-4-6-17(9-16)12-27-25-28-13-19(14-29-25)18-10-21(24(31)32-3)23(26)22(11-18)33-20-7-8-30(2)15-20/h4-6,9-11,13-14,20H,7-8,12,15H2,1-3H3,(H,27,28,29). The van der Waals surface area contributed by atoms with Crippen molar-refractivity contribution in [1.82, 2.24) is 14.9 Å². The van der Waals surface area contributed by atoms with Crippen LogP contribution in [-0.4, -0.2) is 54.2 Å². The molecule has 1 aliphatic heterocycles. The summed E-state index contributed by atoms with van der Waals surface area (Å²) < 4.78 is 11.1. The molecule has 0 spiro atoms. The van der Waals surface area contributed by atoms with E-state index in [1.54, 1.807) is 18.5 Å². The number of halogens is 1. The van der Waals surface area contributed by atoms with Crippen LogP contribution in [-0.2, 0) is 11.3 Å². The van der Waals surface area contributed by atoms with E-state index >= 15 is 0 Å².